The van der Waals surface area contributed by atoms with Crippen molar-refractivity contribution in [2.45, 2.75) is 70.8 Å². The minimum absolute atomic E-state index is 0.267. The number of carbonyl (C=O) groups is 1. The lowest BCUT2D eigenvalue weighted by atomic mass is 10.1. The lowest BCUT2D eigenvalue weighted by Gasteiger charge is -2.00. The Morgan fingerprint density at radius 2 is 1.52 bits per heavy atom. The third-order valence-corrected chi connectivity index (χ3v) is 3.38. The van der Waals surface area contributed by atoms with Crippen LogP contribution in [0, 0.1) is 0 Å². The molecule has 0 heterocycles. The summed E-state index contributed by atoms with van der Waals surface area (Å²) in [7, 11) is 0. The first-order chi connectivity index (χ1) is 11.2. The number of carboxylic acids is 1. The second-order valence-corrected chi connectivity index (χ2v) is 5.55. The highest BCUT2D eigenvalue weighted by atomic mass is 16.4. The van der Waals surface area contributed by atoms with Gasteiger partial charge in [-0.3, -0.25) is 0 Å². The van der Waals surface area contributed by atoms with Crippen LogP contribution in [0.15, 0.2) is 48.6 Å². The van der Waals surface area contributed by atoms with E-state index in [1.54, 1.807) is 0 Å². The monoisotopic (exact) mass is 320 g/mol. The number of hydrogen-bond donors (Lipinski definition) is 2. The number of carboxylic acid groups (broad SMARTS) is 1. The summed E-state index contributed by atoms with van der Waals surface area (Å²) in [5, 5.41) is 17.6. The van der Waals surface area contributed by atoms with Crippen LogP contribution in [-0.4, -0.2) is 22.3 Å². The van der Waals surface area contributed by atoms with Gasteiger partial charge in [0, 0.05) is 0 Å². The summed E-state index contributed by atoms with van der Waals surface area (Å²) in [6.07, 6.45) is 24.4. The summed E-state index contributed by atoms with van der Waals surface area (Å²) < 4.78 is 0. The molecule has 0 aromatic heterocycles. The topological polar surface area (TPSA) is 57.5 Å². The van der Waals surface area contributed by atoms with Crippen molar-refractivity contribution in [1.82, 2.24) is 0 Å². The van der Waals surface area contributed by atoms with Crippen molar-refractivity contribution in [2.24, 2.45) is 0 Å². The fraction of sp³-hybridized carbons (Fsp3) is 0.550. The van der Waals surface area contributed by atoms with Gasteiger partial charge in [-0.1, -0.05) is 74.8 Å². The Kier molecular flexibility index (Phi) is 15.6. The van der Waals surface area contributed by atoms with Gasteiger partial charge in [0.15, 0.2) is 6.10 Å². The molecule has 130 valence electrons. The molecule has 0 rings (SSSR count). The number of aliphatic hydroxyl groups excluding tert-OH is 1. The van der Waals surface area contributed by atoms with Crippen LogP contribution in [0.2, 0.25) is 0 Å². The summed E-state index contributed by atoms with van der Waals surface area (Å²) in [6, 6.07) is 0. The van der Waals surface area contributed by atoms with E-state index in [2.05, 4.69) is 43.4 Å². The van der Waals surface area contributed by atoms with E-state index in [4.69, 9.17) is 10.2 Å². The summed E-state index contributed by atoms with van der Waals surface area (Å²) in [4.78, 5) is 10.4. The van der Waals surface area contributed by atoms with Crippen molar-refractivity contribution in [3.8, 4) is 0 Å². The van der Waals surface area contributed by atoms with Crippen molar-refractivity contribution in [3.63, 3.8) is 0 Å². The predicted molar refractivity (Wildman–Crippen MR) is 97.4 cm³/mol. The van der Waals surface area contributed by atoms with E-state index < -0.39 is 12.1 Å². The highest BCUT2D eigenvalue weighted by Gasteiger charge is 2.10. The van der Waals surface area contributed by atoms with Gasteiger partial charge in [0.05, 0.1) is 0 Å². The van der Waals surface area contributed by atoms with Crippen LogP contribution in [-0.2, 0) is 4.79 Å². The van der Waals surface area contributed by atoms with Crippen molar-refractivity contribution >= 4 is 5.97 Å². The van der Waals surface area contributed by atoms with E-state index in [0.717, 1.165) is 12.8 Å². The number of aliphatic carboxylic acids is 1. The van der Waals surface area contributed by atoms with Gasteiger partial charge >= 0.3 is 5.97 Å². The zero-order valence-corrected chi connectivity index (χ0v) is 14.4. The molecule has 1 atom stereocenters. The molecule has 23 heavy (non-hydrogen) atoms. The first-order valence-electron chi connectivity index (χ1n) is 8.71. The first-order valence-corrected chi connectivity index (χ1v) is 8.71. The molecule has 0 saturated carbocycles. The molecule has 3 heteroatoms. The standard InChI is InChI=1S/C20H32O3/c1-2-3-4-5-6-7-8-9-10-11-12-13-14-15-16-17-18-19(21)20(22)23/h7-10,12-13,15-16,19,21H,2-6,11,14,17-18H2,1H3,(H,22,23)/b8-7+,10-9-,13-12-,16-15-/t19-/m0/s1. The van der Waals surface area contributed by atoms with Crippen LogP contribution in [0.25, 0.3) is 0 Å². The van der Waals surface area contributed by atoms with Crippen LogP contribution in [0.3, 0.4) is 0 Å². The molecule has 0 aliphatic carbocycles. The van der Waals surface area contributed by atoms with Crippen LogP contribution in [0.4, 0.5) is 0 Å². The Morgan fingerprint density at radius 3 is 2.22 bits per heavy atom. The Labute approximate surface area is 141 Å². The fourth-order valence-corrected chi connectivity index (χ4v) is 1.96. The zero-order chi connectivity index (χ0) is 17.2. The molecule has 0 aliphatic rings. The molecule has 0 saturated heterocycles. The molecule has 0 aromatic carbocycles. The van der Waals surface area contributed by atoms with E-state index in [1.807, 2.05) is 12.2 Å². The lowest BCUT2D eigenvalue weighted by Crippen LogP contribution is -2.18. The summed E-state index contributed by atoms with van der Waals surface area (Å²) >= 11 is 0. The Balaban J connectivity index is 3.51. The molecule has 0 unspecified atom stereocenters. The lowest BCUT2D eigenvalue weighted by molar-refractivity contribution is -0.146. The second kappa shape index (κ2) is 16.8. The van der Waals surface area contributed by atoms with E-state index in [9.17, 15) is 4.79 Å². The maximum absolute atomic E-state index is 10.4. The summed E-state index contributed by atoms with van der Waals surface area (Å²) in [5.74, 6) is -1.15. The summed E-state index contributed by atoms with van der Waals surface area (Å²) in [6.45, 7) is 2.23. The second-order valence-electron chi connectivity index (χ2n) is 5.55. The highest BCUT2D eigenvalue weighted by molar-refractivity contribution is 5.71. The molecule has 0 radical (unpaired) electrons. The number of unbranched alkanes of at least 4 members (excludes halogenated alkanes) is 4. The van der Waals surface area contributed by atoms with Gasteiger partial charge in [0.1, 0.15) is 0 Å². The molecule has 2 N–H and O–H groups in total. The maximum Gasteiger partial charge on any atom is 0.332 e. The van der Waals surface area contributed by atoms with Gasteiger partial charge in [0.25, 0.3) is 0 Å². The van der Waals surface area contributed by atoms with Crippen LogP contribution in [0.5, 0.6) is 0 Å². The average molecular weight is 320 g/mol. The third kappa shape index (κ3) is 16.6. The zero-order valence-electron chi connectivity index (χ0n) is 14.4. The molecule has 0 fully saturated rings. The van der Waals surface area contributed by atoms with Crippen LogP contribution in [0.1, 0.15) is 64.7 Å². The first kappa shape index (κ1) is 21.4. The molecule has 0 amide bonds. The van der Waals surface area contributed by atoms with E-state index in [1.165, 1.54) is 32.1 Å². The fourth-order valence-electron chi connectivity index (χ4n) is 1.96. The number of aliphatic hydroxyl groups is 1. The van der Waals surface area contributed by atoms with E-state index >= 15 is 0 Å². The smallest absolute Gasteiger partial charge is 0.332 e. The van der Waals surface area contributed by atoms with E-state index in [0.29, 0.717) is 6.42 Å². The quantitative estimate of drug-likeness (QED) is 0.263. The Morgan fingerprint density at radius 1 is 0.870 bits per heavy atom. The van der Waals surface area contributed by atoms with Crippen LogP contribution >= 0.6 is 0 Å². The Hall–Kier alpha value is -1.61. The number of rotatable bonds is 14. The number of allylic oxidation sites excluding steroid dienone is 8. The predicted octanol–water partition coefficient (Wildman–Crippen LogP) is 5.19. The normalized spacial score (nSPS) is 13.8. The van der Waals surface area contributed by atoms with Gasteiger partial charge in [-0.05, 0) is 38.5 Å². The Bertz CT molecular complexity index is 392. The minimum Gasteiger partial charge on any atom is -0.479 e. The molecular formula is C20H32O3. The van der Waals surface area contributed by atoms with E-state index in [-0.39, 0.29) is 6.42 Å². The SMILES string of the molecule is CCCCCC/C=C/C=C\C/C=C\C/C=C\CC[C@H](O)C(=O)O. The molecule has 3 nitrogen and oxygen atoms in total. The average Bonchev–Trinajstić information content (AvgIpc) is 2.54. The van der Waals surface area contributed by atoms with Gasteiger partial charge in [-0.15, -0.1) is 0 Å². The van der Waals surface area contributed by atoms with Gasteiger partial charge in [-0.2, -0.15) is 0 Å². The van der Waals surface area contributed by atoms with Gasteiger partial charge in [0.2, 0.25) is 0 Å². The molecule has 0 spiro atoms. The van der Waals surface area contributed by atoms with Crippen LogP contribution < -0.4 is 0 Å². The van der Waals surface area contributed by atoms with Crippen molar-refractivity contribution < 1.29 is 15.0 Å². The third-order valence-electron chi connectivity index (χ3n) is 3.38. The van der Waals surface area contributed by atoms with Gasteiger partial charge in [-0.25, -0.2) is 4.79 Å². The highest BCUT2D eigenvalue weighted by Crippen LogP contribution is 2.03. The van der Waals surface area contributed by atoms with Crippen molar-refractivity contribution in [1.29, 1.82) is 0 Å². The largest absolute Gasteiger partial charge is 0.479 e. The molecule has 0 aliphatic heterocycles. The minimum atomic E-state index is -1.25. The van der Waals surface area contributed by atoms with Crippen molar-refractivity contribution in [2.75, 3.05) is 0 Å². The molecular weight excluding hydrogens is 288 g/mol. The van der Waals surface area contributed by atoms with Crippen molar-refractivity contribution in [3.05, 3.63) is 48.6 Å². The van der Waals surface area contributed by atoms with Gasteiger partial charge < -0.3 is 10.2 Å². The molecule has 0 aromatic rings. The molecule has 0 bridgehead atoms. The number of hydrogen-bond acceptors (Lipinski definition) is 2. The maximum atomic E-state index is 10.4. The summed E-state index contributed by atoms with van der Waals surface area (Å²) in [5.41, 5.74) is 0.